The number of Topliss-reactive ketones (excluding diaryl/α,β-unsaturated/α-hetero) is 1. The standard InChI is InChI=1S/C13H16O2/c1-10(15)8-11-2-4-12(5-3-11)13(9-14)6-7-13/h2-5,14H,6-9H2,1H3. The molecule has 0 radical (unpaired) electrons. The molecule has 15 heavy (non-hydrogen) atoms. The Bertz CT molecular complexity index is 361. The zero-order valence-electron chi connectivity index (χ0n) is 8.99. The van der Waals surface area contributed by atoms with E-state index in [2.05, 4.69) is 0 Å². The van der Waals surface area contributed by atoms with Crippen LogP contribution in [0, 0.1) is 0 Å². The molecule has 2 heteroatoms. The SMILES string of the molecule is CC(=O)Cc1ccc(C2(CO)CC2)cc1. The van der Waals surface area contributed by atoms with Crippen molar-refractivity contribution in [3.8, 4) is 0 Å². The molecule has 1 fully saturated rings. The molecule has 1 aliphatic carbocycles. The minimum absolute atomic E-state index is 0.0365. The van der Waals surface area contributed by atoms with E-state index < -0.39 is 0 Å². The molecule has 0 heterocycles. The van der Waals surface area contributed by atoms with E-state index in [1.807, 2.05) is 24.3 Å². The smallest absolute Gasteiger partial charge is 0.134 e. The first-order chi connectivity index (χ1) is 7.16. The molecular weight excluding hydrogens is 188 g/mol. The van der Waals surface area contributed by atoms with Gasteiger partial charge in [0.15, 0.2) is 0 Å². The van der Waals surface area contributed by atoms with Gasteiger partial charge < -0.3 is 5.11 Å². The van der Waals surface area contributed by atoms with Gasteiger partial charge in [-0.05, 0) is 30.9 Å². The van der Waals surface area contributed by atoms with E-state index in [1.54, 1.807) is 6.92 Å². The molecule has 1 aromatic carbocycles. The van der Waals surface area contributed by atoms with Gasteiger partial charge in [-0.25, -0.2) is 0 Å². The van der Waals surface area contributed by atoms with Crippen LogP contribution >= 0.6 is 0 Å². The molecule has 0 aliphatic heterocycles. The van der Waals surface area contributed by atoms with Crippen molar-refractivity contribution >= 4 is 5.78 Å². The molecular formula is C13H16O2. The Morgan fingerprint density at radius 3 is 2.33 bits per heavy atom. The normalized spacial score (nSPS) is 17.5. The molecule has 0 spiro atoms. The van der Waals surface area contributed by atoms with Crippen LogP contribution in [0.3, 0.4) is 0 Å². The molecule has 0 unspecified atom stereocenters. The summed E-state index contributed by atoms with van der Waals surface area (Å²) in [5, 5.41) is 9.27. The monoisotopic (exact) mass is 204 g/mol. The highest BCUT2D eigenvalue weighted by Gasteiger charge is 2.43. The van der Waals surface area contributed by atoms with Crippen LogP contribution in [0.15, 0.2) is 24.3 Å². The minimum atomic E-state index is 0.0365. The molecule has 1 saturated carbocycles. The Morgan fingerprint density at radius 2 is 1.93 bits per heavy atom. The van der Waals surface area contributed by atoms with Gasteiger partial charge in [-0.15, -0.1) is 0 Å². The number of rotatable bonds is 4. The van der Waals surface area contributed by atoms with Crippen molar-refractivity contribution in [1.82, 2.24) is 0 Å². The summed E-state index contributed by atoms with van der Waals surface area (Å²) in [4.78, 5) is 10.9. The number of aliphatic hydroxyl groups is 1. The molecule has 0 saturated heterocycles. The molecule has 0 bridgehead atoms. The summed E-state index contributed by atoms with van der Waals surface area (Å²) in [6, 6.07) is 8.07. The quantitative estimate of drug-likeness (QED) is 0.812. The van der Waals surface area contributed by atoms with Gasteiger partial charge in [0, 0.05) is 11.8 Å². The van der Waals surface area contributed by atoms with E-state index in [1.165, 1.54) is 5.56 Å². The van der Waals surface area contributed by atoms with Crippen LogP contribution in [0.4, 0.5) is 0 Å². The first kappa shape index (κ1) is 10.4. The predicted octanol–water partition coefficient (Wildman–Crippen LogP) is 1.84. The maximum atomic E-state index is 10.9. The zero-order valence-corrected chi connectivity index (χ0v) is 8.99. The number of hydrogen-bond acceptors (Lipinski definition) is 2. The largest absolute Gasteiger partial charge is 0.395 e. The summed E-state index contributed by atoms with van der Waals surface area (Å²) in [6.07, 6.45) is 2.66. The average molecular weight is 204 g/mol. The van der Waals surface area contributed by atoms with Crippen LogP contribution < -0.4 is 0 Å². The maximum absolute atomic E-state index is 10.9. The van der Waals surface area contributed by atoms with Crippen molar-refractivity contribution in [2.45, 2.75) is 31.6 Å². The molecule has 2 nitrogen and oxygen atoms in total. The fraction of sp³-hybridized carbons (Fsp3) is 0.462. The Morgan fingerprint density at radius 1 is 1.33 bits per heavy atom. The van der Waals surface area contributed by atoms with Crippen LogP contribution in [-0.4, -0.2) is 17.5 Å². The summed E-state index contributed by atoms with van der Waals surface area (Å²) < 4.78 is 0. The van der Waals surface area contributed by atoms with Crippen LogP contribution in [0.2, 0.25) is 0 Å². The lowest BCUT2D eigenvalue weighted by Gasteiger charge is -2.12. The first-order valence-corrected chi connectivity index (χ1v) is 5.36. The third-order valence-electron chi connectivity index (χ3n) is 3.18. The van der Waals surface area contributed by atoms with Gasteiger partial charge >= 0.3 is 0 Å². The summed E-state index contributed by atoms with van der Waals surface area (Å²) in [5.41, 5.74) is 2.30. The van der Waals surface area contributed by atoms with Crippen molar-refractivity contribution in [3.63, 3.8) is 0 Å². The lowest BCUT2D eigenvalue weighted by Crippen LogP contribution is -2.11. The Labute approximate surface area is 89.9 Å². The van der Waals surface area contributed by atoms with Crippen molar-refractivity contribution in [2.24, 2.45) is 0 Å². The van der Waals surface area contributed by atoms with E-state index in [0.717, 1.165) is 18.4 Å². The highest BCUT2D eigenvalue weighted by Crippen LogP contribution is 2.47. The molecule has 1 aliphatic rings. The average Bonchev–Trinajstić information content (AvgIpc) is 2.99. The summed E-state index contributed by atoms with van der Waals surface area (Å²) >= 11 is 0. The van der Waals surface area contributed by atoms with Gasteiger partial charge in [0.2, 0.25) is 0 Å². The third-order valence-corrected chi connectivity index (χ3v) is 3.18. The summed E-state index contributed by atoms with van der Waals surface area (Å²) in [7, 11) is 0. The van der Waals surface area contributed by atoms with E-state index in [-0.39, 0.29) is 17.8 Å². The van der Waals surface area contributed by atoms with Gasteiger partial charge in [0.05, 0.1) is 6.61 Å². The lowest BCUT2D eigenvalue weighted by atomic mass is 9.95. The second kappa shape index (κ2) is 3.78. The number of aliphatic hydroxyl groups excluding tert-OH is 1. The second-order valence-electron chi connectivity index (χ2n) is 4.51. The molecule has 0 aromatic heterocycles. The van der Waals surface area contributed by atoms with Crippen molar-refractivity contribution in [2.75, 3.05) is 6.61 Å². The lowest BCUT2D eigenvalue weighted by molar-refractivity contribution is -0.116. The topological polar surface area (TPSA) is 37.3 Å². The Kier molecular flexibility index (Phi) is 2.61. The summed E-state index contributed by atoms with van der Waals surface area (Å²) in [6.45, 7) is 1.84. The number of hydrogen-bond donors (Lipinski definition) is 1. The fourth-order valence-electron chi connectivity index (χ4n) is 1.95. The molecule has 1 N–H and O–H groups in total. The number of ketones is 1. The fourth-order valence-corrected chi connectivity index (χ4v) is 1.95. The highest BCUT2D eigenvalue weighted by atomic mass is 16.3. The maximum Gasteiger partial charge on any atom is 0.134 e. The molecule has 80 valence electrons. The number of carbonyl (C=O) groups excluding carboxylic acids is 1. The molecule has 2 rings (SSSR count). The van der Waals surface area contributed by atoms with Crippen molar-refractivity contribution in [1.29, 1.82) is 0 Å². The summed E-state index contributed by atoms with van der Waals surface area (Å²) in [5.74, 6) is 0.186. The van der Waals surface area contributed by atoms with Gasteiger partial charge in [0.25, 0.3) is 0 Å². The second-order valence-corrected chi connectivity index (χ2v) is 4.51. The first-order valence-electron chi connectivity index (χ1n) is 5.36. The van der Waals surface area contributed by atoms with E-state index >= 15 is 0 Å². The molecule has 0 atom stereocenters. The van der Waals surface area contributed by atoms with Crippen molar-refractivity contribution in [3.05, 3.63) is 35.4 Å². The van der Waals surface area contributed by atoms with Crippen LogP contribution in [0.5, 0.6) is 0 Å². The van der Waals surface area contributed by atoms with Crippen LogP contribution in [0.1, 0.15) is 30.9 Å². The number of carbonyl (C=O) groups is 1. The van der Waals surface area contributed by atoms with E-state index in [4.69, 9.17) is 0 Å². The highest BCUT2D eigenvalue weighted by molar-refractivity contribution is 5.78. The Balaban J connectivity index is 2.14. The van der Waals surface area contributed by atoms with Crippen molar-refractivity contribution < 1.29 is 9.90 Å². The van der Waals surface area contributed by atoms with Crippen LogP contribution in [0.25, 0.3) is 0 Å². The van der Waals surface area contributed by atoms with Gasteiger partial charge in [-0.3, -0.25) is 4.79 Å². The Hall–Kier alpha value is -1.15. The van der Waals surface area contributed by atoms with E-state index in [0.29, 0.717) is 6.42 Å². The molecule has 1 aromatic rings. The van der Waals surface area contributed by atoms with E-state index in [9.17, 15) is 9.90 Å². The third kappa shape index (κ3) is 2.10. The predicted molar refractivity (Wildman–Crippen MR) is 58.8 cm³/mol. The van der Waals surface area contributed by atoms with Crippen LogP contribution in [-0.2, 0) is 16.6 Å². The number of benzene rings is 1. The van der Waals surface area contributed by atoms with Gasteiger partial charge in [-0.2, -0.15) is 0 Å². The van der Waals surface area contributed by atoms with Gasteiger partial charge in [0.1, 0.15) is 5.78 Å². The van der Waals surface area contributed by atoms with Gasteiger partial charge in [-0.1, -0.05) is 24.3 Å². The minimum Gasteiger partial charge on any atom is -0.395 e. The molecule has 0 amide bonds. The zero-order chi connectivity index (χ0) is 10.9.